The number of benzene rings is 1. The lowest BCUT2D eigenvalue weighted by Crippen LogP contribution is -2.03. The lowest BCUT2D eigenvalue weighted by Gasteiger charge is -2.10. The Balaban J connectivity index is 2.85. The zero-order valence-corrected chi connectivity index (χ0v) is 8.58. The molecule has 1 aromatic rings. The molecule has 0 spiro atoms. The minimum Gasteiger partial charge on any atom is -0.481 e. The highest BCUT2D eigenvalue weighted by atomic mass is 35.5. The molecule has 4 heteroatoms. The van der Waals surface area contributed by atoms with E-state index in [4.69, 9.17) is 22.4 Å². The van der Waals surface area contributed by atoms with Gasteiger partial charge in [0.25, 0.3) is 0 Å². The molecule has 1 atom stereocenters. The highest BCUT2D eigenvalue weighted by molar-refractivity contribution is 6.33. The lowest BCUT2D eigenvalue weighted by molar-refractivity contribution is -0.137. The molecule has 0 aromatic heterocycles. The summed E-state index contributed by atoms with van der Waals surface area (Å²) in [7, 11) is 0. The SMILES string of the molecule is C[C@@H](CC(=O)O)c1ccc(Cl)c(N)c1. The van der Waals surface area contributed by atoms with Gasteiger partial charge >= 0.3 is 5.97 Å². The lowest BCUT2D eigenvalue weighted by atomic mass is 9.97. The van der Waals surface area contributed by atoms with E-state index in [1.165, 1.54) is 0 Å². The smallest absolute Gasteiger partial charge is 0.303 e. The van der Waals surface area contributed by atoms with Crippen molar-refractivity contribution in [1.82, 2.24) is 0 Å². The molecule has 0 radical (unpaired) electrons. The predicted octanol–water partition coefficient (Wildman–Crippen LogP) is 2.50. The molecule has 76 valence electrons. The Morgan fingerprint density at radius 2 is 2.29 bits per heavy atom. The monoisotopic (exact) mass is 213 g/mol. The van der Waals surface area contributed by atoms with E-state index in [1.54, 1.807) is 18.2 Å². The van der Waals surface area contributed by atoms with Crippen LogP contribution >= 0.6 is 11.6 Å². The Hall–Kier alpha value is -1.22. The zero-order chi connectivity index (χ0) is 10.7. The van der Waals surface area contributed by atoms with Crippen LogP contribution in [0, 0.1) is 0 Å². The summed E-state index contributed by atoms with van der Waals surface area (Å²) in [6, 6.07) is 5.20. The van der Waals surface area contributed by atoms with Crippen LogP contribution in [0.1, 0.15) is 24.8 Å². The molecule has 0 saturated heterocycles. The highest BCUT2D eigenvalue weighted by Gasteiger charge is 2.10. The fourth-order valence-electron chi connectivity index (χ4n) is 1.25. The van der Waals surface area contributed by atoms with Crippen LogP contribution in [0.3, 0.4) is 0 Å². The molecule has 0 aliphatic carbocycles. The summed E-state index contributed by atoms with van der Waals surface area (Å²) in [5.41, 5.74) is 6.99. The summed E-state index contributed by atoms with van der Waals surface area (Å²) in [5, 5.41) is 9.11. The van der Waals surface area contributed by atoms with Crippen molar-refractivity contribution in [3.05, 3.63) is 28.8 Å². The zero-order valence-electron chi connectivity index (χ0n) is 7.83. The van der Waals surface area contributed by atoms with Gasteiger partial charge in [0.1, 0.15) is 0 Å². The summed E-state index contributed by atoms with van der Waals surface area (Å²) in [5.74, 6) is -0.863. The summed E-state index contributed by atoms with van der Waals surface area (Å²) in [4.78, 5) is 10.5. The van der Waals surface area contributed by atoms with Gasteiger partial charge in [-0.05, 0) is 23.6 Å². The highest BCUT2D eigenvalue weighted by Crippen LogP contribution is 2.25. The number of anilines is 1. The van der Waals surface area contributed by atoms with Crippen molar-refractivity contribution in [3.63, 3.8) is 0 Å². The van der Waals surface area contributed by atoms with Gasteiger partial charge in [0.2, 0.25) is 0 Å². The van der Waals surface area contributed by atoms with Gasteiger partial charge in [-0.25, -0.2) is 0 Å². The molecule has 0 saturated carbocycles. The van der Waals surface area contributed by atoms with Gasteiger partial charge < -0.3 is 10.8 Å². The predicted molar refractivity (Wildman–Crippen MR) is 56.5 cm³/mol. The summed E-state index contributed by atoms with van der Waals surface area (Å²) in [6.07, 6.45) is 0.0983. The van der Waals surface area contributed by atoms with Gasteiger partial charge in [0.15, 0.2) is 0 Å². The topological polar surface area (TPSA) is 63.3 Å². The largest absolute Gasteiger partial charge is 0.481 e. The van der Waals surface area contributed by atoms with Crippen LogP contribution in [0.5, 0.6) is 0 Å². The number of carboxylic acids is 1. The number of nitrogen functional groups attached to an aromatic ring is 1. The first kappa shape index (κ1) is 10.9. The average Bonchev–Trinajstić information content (AvgIpc) is 2.08. The second-order valence-electron chi connectivity index (χ2n) is 3.28. The summed E-state index contributed by atoms with van der Waals surface area (Å²) >= 11 is 5.75. The van der Waals surface area contributed by atoms with E-state index in [0.29, 0.717) is 10.7 Å². The third-order valence-corrected chi connectivity index (χ3v) is 2.41. The van der Waals surface area contributed by atoms with Gasteiger partial charge in [-0.15, -0.1) is 0 Å². The summed E-state index contributed by atoms with van der Waals surface area (Å²) in [6.45, 7) is 1.84. The van der Waals surface area contributed by atoms with E-state index >= 15 is 0 Å². The second kappa shape index (κ2) is 4.33. The van der Waals surface area contributed by atoms with Crippen LogP contribution in [0.25, 0.3) is 0 Å². The molecule has 0 aliphatic heterocycles. The van der Waals surface area contributed by atoms with Crippen molar-refractivity contribution in [2.24, 2.45) is 0 Å². The Kier molecular flexibility index (Phi) is 3.36. The summed E-state index contributed by atoms with van der Waals surface area (Å²) < 4.78 is 0. The molecule has 14 heavy (non-hydrogen) atoms. The van der Waals surface area contributed by atoms with Crippen LogP contribution < -0.4 is 5.73 Å². The third kappa shape index (κ3) is 2.64. The van der Waals surface area contributed by atoms with Crippen LogP contribution in [-0.2, 0) is 4.79 Å². The maximum atomic E-state index is 10.5. The third-order valence-electron chi connectivity index (χ3n) is 2.07. The molecular weight excluding hydrogens is 202 g/mol. The maximum Gasteiger partial charge on any atom is 0.303 e. The number of hydrogen-bond acceptors (Lipinski definition) is 2. The van der Waals surface area contributed by atoms with Crippen molar-refractivity contribution in [1.29, 1.82) is 0 Å². The normalized spacial score (nSPS) is 12.4. The molecule has 0 heterocycles. The first-order valence-corrected chi connectivity index (χ1v) is 4.65. The number of carboxylic acid groups (broad SMARTS) is 1. The van der Waals surface area contributed by atoms with Crippen molar-refractivity contribution in [3.8, 4) is 0 Å². The minimum absolute atomic E-state index is 0.0490. The molecule has 3 N–H and O–H groups in total. The van der Waals surface area contributed by atoms with Crippen LogP contribution in [-0.4, -0.2) is 11.1 Å². The number of halogens is 1. The second-order valence-corrected chi connectivity index (χ2v) is 3.69. The fraction of sp³-hybridized carbons (Fsp3) is 0.300. The first-order valence-electron chi connectivity index (χ1n) is 4.27. The van der Waals surface area contributed by atoms with Crippen LogP contribution in [0.4, 0.5) is 5.69 Å². The van der Waals surface area contributed by atoms with Gasteiger partial charge in [-0.2, -0.15) is 0 Å². The van der Waals surface area contributed by atoms with E-state index in [2.05, 4.69) is 0 Å². The molecule has 0 unspecified atom stereocenters. The average molecular weight is 214 g/mol. The molecule has 0 fully saturated rings. The van der Waals surface area contributed by atoms with Crippen LogP contribution in [0.15, 0.2) is 18.2 Å². The van der Waals surface area contributed by atoms with Crippen molar-refractivity contribution < 1.29 is 9.90 Å². The quantitative estimate of drug-likeness (QED) is 0.759. The number of rotatable bonds is 3. The Bertz CT molecular complexity index is 352. The van der Waals surface area contributed by atoms with Gasteiger partial charge in [0, 0.05) is 0 Å². The Morgan fingerprint density at radius 1 is 1.64 bits per heavy atom. The van der Waals surface area contributed by atoms with Crippen molar-refractivity contribution in [2.75, 3.05) is 5.73 Å². The molecule has 0 bridgehead atoms. The van der Waals surface area contributed by atoms with Crippen molar-refractivity contribution >= 4 is 23.3 Å². The maximum absolute atomic E-state index is 10.5. The molecular formula is C10H12ClNO2. The number of hydrogen-bond donors (Lipinski definition) is 2. The Morgan fingerprint density at radius 3 is 2.79 bits per heavy atom. The number of carbonyl (C=O) groups is 1. The van der Waals surface area contributed by atoms with E-state index < -0.39 is 5.97 Å². The molecule has 3 nitrogen and oxygen atoms in total. The van der Waals surface area contributed by atoms with Gasteiger partial charge in [-0.3, -0.25) is 4.79 Å². The van der Waals surface area contributed by atoms with E-state index in [0.717, 1.165) is 5.56 Å². The van der Waals surface area contributed by atoms with Crippen molar-refractivity contribution in [2.45, 2.75) is 19.3 Å². The van der Waals surface area contributed by atoms with Gasteiger partial charge in [0.05, 0.1) is 17.1 Å². The fourth-order valence-corrected chi connectivity index (χ4v) is 1.37. The van der Waals surface area contributed by atoms with Crippen LogP contribution in [0.2, 0.25) is 5.02 Å². The molecule has 0 aliphatic rings. The standard InChI is InChI=1S/C10H12ClNO2/c1-6(4-10(13)14)7-2-3-8(11)9(12)5-7/h2-3,5-6H,4,12H2,1H3,(H,13,14)/t6-/m0/s1. The number of nitrogens with two attached hydrogens (primary N) is 1. The van der Waals surface area contributed by atoms with E-state index in [9.17, 15) is 4.79 Å². The molecule has 1 aromatic carbocycles. The molecule has 0 amide bonds. The number of aliphatic carboxylic acids is 1. The first-order chi connectivity index (χ1) is 6.50. The van der Waals surface area contributed by atoms with E-state index in [1.807, 2.05) is 6.92 Å². The minimum atomic E-state index is -0.814. The molecule has 1 rings (SSSR count). The van der Waals surface area contributed by atoms with E-state index in [-0.39, 0.29) is 12.3 Å². The Labute approximate surface area is 87.5 Å². The van der Waals surface area contributed by atoms with Gasteiger partial charge in [-0.1, -0.05) is 24.6 Å².